The fraction of sp³-hybridized carbons (Fsp3) is 0.188. The second-order valence-corrected chi connectivity index (χ2v) is 5.10. The van der Waals surface area contributed by atoms with Crippen molar-refractivity contribution in [1.82, 2.24) is 4.90 Å². The average molecular weight is 321 g/mol. The number of amides is 2. The SMILES string of the molecule is CN(CCO)C(=O)Nc1ccc(Oc2cccc(Cl)c2)cc1. The van der Waals surface area contributed by atoms with Gasteiger partial charge in [0.2, 0.25) is 0 Å². The van der Waals surface area contributed by atoms with Gasteiger partial charge in [0.05, 0.1) is 6.61 Å². The summed E-state index contributed by atoms with van der Waals surface area (Å²) in [7, 11) is 1.61. The number of nitrogens with one attached hydrogen (secondary N) is 1. The van der Waals surface area contributed by atoms with E-state index in [1.807, 2.05) is 12.1 Å². The van der Waals surface area contributed by atoms with Crippen molar-refractivity contribution in [1.29, 1.82) is 0 Å². The monoisotopic (exact) mass is 320 g/mol. The summed E-state index contributed by atoms with van der Waals surface area (Å²) in [6.07, 6.45) is 0. The molecule has 0 bridgehead atoms. The molecular formula is C16H17ClN2O3. The van der Waals surface area contributed by atoms with E-state index in [9.17, 15) is 4.79 Å². The Hall–Kier alpha value is -2.24. The molecule has 0 aliphatic carbocycles. The quantitative estimate of drug-likeness (QED) is 0.885. The molecule has 0 radical (unpaired) electrons. The van der Waals surface area contributed by atoms with E-state index >= 15 is 0 Å². The van der Waals surface area contributed by atoms with Crippen molar-refractivity contribution in [3.63, 3.8) is 0 Å². The number of hydrogen-bond acceptors (Lipinski definition) is 3. The third-order valence-electron chi connectivity index (χ3n) is 2.92. The van der Waals surface area contributed by atoms with E-state index in [0.29, 0.717) is 22.2 Å². The lowest BCUT2D eigenvalue weighted by Gasteiger charge is -2.16. The first-order valence-electron chi connectivity index (χ1n) is 6.75. The normalized spacial score (nSPS) is 10.1. The van der Waals surface area contributed by atoms with Crippen molar-refractivity contribution in [2.75, 3.05) is 25.5 Å². The molecule has 0 fully saturated rings. The lowest BCUT2D eigenvalue weighted by molar-refractivity contribution is 0.202. The molecule has 2 rings (SSSR count). The van der Waals surface area contributed by atoms with Crippen molar-refractivity contribution in [2.45, 2.75) is 0 Å². The van der Waals surface area contributed by atoms with Gasteiger partial charge < -0.3 is 20.1 Å². The Labute approximate surface area is 134 Å². The second-order valence-electron chi connectivity index (χ2n) is 4.66. The summed E-state index contributed by atoms with van der Waals surface area (Å²) in [6, 6.07) is 13.8. The molecule has 2 aromatic carbocycles. The van der Waals surface area contributed by atoms with Crippen LogP contribution in [0.4, 0.5) is 10.5 Å². The molecule has 2 amide bonds. The third-order valence-corrected chi connectivity index (χ3v) is 3.15. The summed E-state index contributed by atoms with van der Waals surface area (Å²) in [4.78, 5) is 13.2. The van der Waals surface area contributed by atoms with Gasteiger partial charge in [0.25, 0.3) is 0 Å². The maximum atomic E-state index is 11.8. The average Bonchev–Trinajstić information content (AvgIpc) is 2.49. The van der Waals surface area contributed by atoms with Crippen LogP contribution in [0.1, 0.15) is 0 Å². The molecule has 0 saturated heterocycles. The number of carbonyl (C=O) groups is 1. The molecule has 0 unspecified atom stereocenters. The molecule has 0 heterocycles. The Morgan fingerprint density at radius 2 is 1.95 bits per heavy atom. The zero-order valence-corrected chi connectivity index (χ0v) is 12.9. The van der Waals surface area contributed by atoms with Crippen LogP contribution >= 0.6 is 11.6 Å². The van der Waals surface area contributed by atoms with Gasteiger partial charge in [0.15, 0.2) is 0 Å². The first kappa shape index (κ1) is 16.1. The van der Waals surface area contributed by atoms with Crippen molar-refractivity contribution >= 4 is 23.3 Å². The number of aliphatic hydroxyl groups is 1. The van der Waals surface area contributed by atoms with Gasteiger partial charge in [-0.15, -0.1) is 0 Å². The Morgan fingerprint density at radius 1 is 1.23 bits per heavy atom. The van der Waals surface area contributed by atoms with Gasteiger partial charge in [-0.05, 0) is 42.5 Å². The number of halogens is 1. The van der Waals surface area contributed by atoms with Crippen LogP contribution < -0.4 is 10.1 Å². The number of benzene rings is 2. The molecule has 0 aliphatic rings. The number of anilines is 1. The van der Waals surface area contributed by atoms with Gasteiger partial charge in [-0.1, -0.05) is 17.7 Å². The molecule has 2 aromatic rings. The number of carbonyl (C=O) groups excluding carboxylic acids is 1. The highest BCUT2D eigenvalue weighted by Crippen LogP contribution is 2.25. The predicted molar refractivity (Wildman–Crippen MR) is 86.7 cm³/mol. The summed E-state index contributed by atoms with van der Waals surface area (Å²) >= 11 is 5.90. The molecule has 2 N–H and O–H groups in total. The van der Waals surface area contributed by atoms with Gasteiger partial charge >= 0.3 is 6.03 Å². The number of likely N-dealkylation sites (N-methyl/N-ethyl adjacent to an activating group) is 1. The summed E-state index contributed by atoms with van der Waals surface area (Å²) in [5.74, 6) is 1.29. The standard InChI is InChI=1S/C16H17ClN2O3/c1-19(9-10-20)16(21)18-13-5-7-14(8-6-13)22-15-4-2-3-12(17)11-15/h2-8,11,20H,9-10H2,1H3,(H,18,21). The van der Waals surface area contributed by atoms with Crippen LogP contribution in [0.2, 0.25) is 5.02 Å². The summed E-state index contributed by atoms with van der Waals surface area (Å²) in [5, 5.41) is 12.1. The van der Waals surface area contributed by atoms with Crippen LogP contribution in [-0.2, 0) is 0 Å². The minimum Gasteiger partial charge on any atom is -0.457 e. The summed E-state index contributed by atoms with van der Waals surface area (Å²) in [5.41, 5.74) is 0.647. The highest BCUT2D eigenvalue weighted by molar-refractivity contribution is 6.30. The fourth-order valence-electron chi connectivity index (χ4n) is 1.74. The topological polar surface area (TPSA) is 61.8 Å². The van der Waals surface area contributed by atoms with Gasteiger partial charge in [-0.3, -0.25) is 0 Å². The Bertz CT molecular complexity index is 632. The molecule has 0 spiro atoms. The third kappa shape index (κ3) is 4.65. The van der Waals surface area contributed by atoms with Gasteiger partial charge in [0, 0.05) is 24.3 Å². The highest BCUT2D eigenvalue weighted by atomic mass is 35.5. The molecule has 0 aromatic heterocycles. The Kier molecular flexibility index (Phi) is 5.63. The number of hydrogen-bond donors (Lipinski definition) is 2. The van der Waals surface area contributed by atoms with E-state index < -0.39 is 0 Å². The lowest BCUT2D eigenvalue weighted by atomic mass is 10.3. The van der Waals surface area contributed by atoms with E-state index in [2.05, 4.69) is 5.32 Å². The zero-order valence-electron chi connectivity index (χ0n) is 12.1. The smallest absolute Gasteiger partial charge is 0.321 e. The summed E-state index contributed by atoms with van der Waals surface area (Å²) in [6.45, 7) is 0.206. The van der Waals surface area contributed by atoms with Crippen molar-refractivity contribution in [2.24, 2.45) is 0 Å². The van der Waals surface area contributed by atoms with Gasteiger partial charge in [0.1, 0.15) is 11.5 Å². The van der Waals surface area contributed by atoms with Gasteiger partial charge in [-0.25, -0.2) is 4.79 Å². The first-order valence-corrected chi connectivity index (χ1v) is 7.13. The molecule has 0 atom stereocenters. The van der Waals surface area contributed by atoms with Crippen molar-refractivity contribution in [3.8, 4) is 11.5 Å². The lowest BCUT2D eigenvalue weighted by Crippen LogP contribution is -2.33. The van der Waals surface area contributed by atoms with Crippen LogP contribution in [0.5, 0.6) is 11.5 Å². The van der Waals surface area contributed by atoms with E-state index in [-0.39, 0.29) is 19.2 Å². The maximum absolute atomic E-state index is 11.8. The van der Waals surface area contributed by atoms with Crippen molar-refractivity contribution < 1.29 is 14.6 Å². The van der Waals surface area contributed by atoms with Crippen LogP contribution in [-0.4, -0.2) is 36.2 Å². The van der Waals surface area contributed by atoms with Crippen molar-refractivity contribution in [3.05, 3.63) is 53.6 Å². The minimum absolute atomic E-state index is 0.0731. The highest BCUT2D eigenvalue weighted by Gasteiger charge is 2.07. The number of rotatable bonds is 5. The first-order chi connectivity index (χ1) is 10.6. The predicted octanol–water partition coefficient (Wildman–Crippen LogP) is 3.59. The van der Waals surface area contributed by atoms with E-state index in [0.717, 1.165) is 0 Å². The molecular weight excluding hydrogens is 304 g/mol. The van der Waals surface area contributed by atoms with Crippen LogP contribution in [0, 0.1) is 0 Å². The summed E-state index contributed by atoms with van der Waals surface area (Å²) < 4.78 is 5.66. The number of urea groups is 1. The molecule has 22 heavy (non-hydrogen) atoms. The Morgan fingerprint density at radius 3 is 2.59 bits per heavy atom. The van der Waals surface area contributed by atoms with E-state index in [1.54, 1.807) is 43.4 Å². The number of ether oxygens (including phenoxy) is 1. The molecule has 0 saturated carbocycles. The second kappa shape index (κ2) is 7.68. The number of nitrogens with zero attached hydrogens (tertiary/aromatic N) is 1. The molecule has 116 valence electrons. The van der Waals surface area contributed by atoms with Crippen LogP contribution in [0.3, 0.4) is 0 Å². The van der Waals surface area contributed by atoms with Crippen LogP contribution in [0.15, 0.2) is 48.5 Å². The zero-order chi connectivity index (χ0) is 15.9. The minimum atomic E-state index is -0.280. The molecule has 6 heteroatoms. The fourth-order valence-corrected chi connectivity index (χ4v) is 1.92. The largest absolute Gasteiger partial charge is 0.457 e. The molecule has 0 aliphatic heterocycles. The van der Waals surface area contributed by atoms with Crippen LogP contribution in [0.25, 0.3) is 0 Å². The molecule has 5 nitrogen and oxygen atoms in total. The van der Waals surface area contributed by atoms with E-state index in [4.69, 9.17) is 21.4 Å². The van der Waals surface area contributed by atoms with Gasteiger partial charge in [-0.2, -0.15) is 0 Å². The maximum Gasteiger partial charge on any atom is 0.321 e. The van der Waals surface area contributed by atoms with E-state index in [1.165, 1.54) is 4.90 Å². The Balaban J connectivity index is 1.97. The number of aliphatic hydroxyl groups excluding tert-OH is 1.